The number of benzene rings is 1. The Morgan fingerprint density at radius 3 is 2.52 bits per heavy atom. The standard InChI is InChI=1S/C16H18F2N2O2S/c1-3-6-11-13(15(21)22-4-2)14(20-16(23)19-11)12-9(17)7-5-8-10(12)18/h5,7-8,14H,3-4,6H2,1-2H3,(H2,19,20,23)/t14-/m0/s1. The molecule has 0 aromatic heterocycles. The van der Waals surface area contributed by atoms with E-state index in [1.54, 1.807) is 6.92 Å². The minimum Gasteiger partial charge on any atom is -0.463 e. The van der Waals surface area contributed by atoms with Crippen LogP contribution in [-0.4, -0.2) is 17.7 Å². The zero-order valence-corrected chi connectivity index (χ0v) is 13.7. The fraction of sp³-hybridized carbons (Fsp3) is 0.375. The van der Waals surface area contributed by atoms with Crippen molar-refractivity contribution in [2.24, 2.45) is 0 Å². The molecular formula is C16H18F2N2O2S. The van der Waals surface area contributed by atoms with Crippen molar-refractivity contribution in [1.82, 2.24) is 10.6 Å². The zero-order valence-electron chi connectivity index (χ0n) is 12.9. The Hall–Kier alpha value is -2.02. The number of nitrogens with one attached hydrogen (secondary N) is 2. The zero-order chi connectivity index (χ0) is 17.0. The van der Waals surface area contributed by atoms with Crippen LogP contribution in [0.3, 0.4) is 0 Å². The van der Waals surface area contributed by atoms with Gasteiger partial charge in [0, 0.05) is 5.70 Å². The van der Waals surface area contributed by atoms with Crippen molar-refractivity contribution in [2.45, 2.75) is 32.7 Å². The smallest absolute Gasteiger partial charge is 0.338 e. The molecule has 7 heteroatoms. The summed E-state index contributed by atoms with van der Waals surface area (Å²) < 4.78 is 33.4. The summed E-state index contributed by atoms with van der Waals surface area (Å²) in [5.74, 6) is -2.11. The fourth-order valence-corrected chi connectivity index (χ4v) is 2.76. The normalized spacial score (nSPS) is 17.6. The number of carbonyl (C=O) groups is 1. The first-order valence-electron chi connectivity index (χ1n) is 7.41. The van der Waals surface area contributed by atoms with Crippen LogP contribution in [0.4, 0.5) is 8.78 Å². The van der Waals surface area contributed by atoms with E-state index in [9.17, 15) is 13.6 Å². The van der Waals surface area contributed by atoms with Crippen molar-refractivity contribution in [3.8, 4) is 0 Å². The van der Waals surface area contributed by atoms with Crippen molar-refractivity contribution in [1.29, 1.82) is 0 Å². The summed E-state index contributed by atoms with van der Waals surface area (Å²) in [5, 5.41) is 5.89. The number of thiocarbonyl (C=S) groups is 1. The lowest BCUT2D eigenvalue weighted by Gasteiger charge is -2.31. The highest BCUT2D eigenvalue weighted by Crippen LogP contribution is 2.32. The molecule has 4 nitrogen and oxygen atoms in total. The molecule has 0 radical (unpaired) electrons. The van der Waals surface area contributed by atoms with E-state index in [1.807, 2.05) is 6.92 Å². The van der Waals surface area contributed by atoms with Gasteiger partial charge in [-0.15, -0.1) is 0 Å². The first kappa shape index (κ1) is 17.3. The summed E-state index contributed by atoms with van der Waals surface area (Å²) in [7, 11) is 0. The lowest BCUT2D eigenvalue weighted by atomic mass is 9.93. The van der Waals surface area contributed by atoms with E-state index in [-0.39, 0.29) is 22.9 Å². The Labute approximate surface area is 138 Å². The molecule has 2 rings (SSSR count). The van der Waals surface area contributed by atoms with Gasteiger partial charge in [-0.05, 0) is 37.7 Å². The predicted molar refractivity (Wildman–Crippen MR) is 86.5 cm³/mol. The third-order valence-corrected chi connectivity index (χ3v) is 3.66. The molecule has 0 aliphatic carbocycles. The van der Waals surface area contributed by atoms with Crippen LogP contribution in [0.5, 0.6) is 0 Å². The van der Waals surface area contributed by atoms with E-state index in [4.69, 9.17) is 17.0 Å². The maximum Gasteiger partial charge on any atom is 0.338 e. The van der Waals surface area contributed by atoms with Crippen LogP contribution < -0.4 is 10.6 Å². The van der Waals surface area contributed by atoms with E-state index in [1.165, 1.54) is 6.07 Å². The predicted octanol–water partition coefficient (Wildman–Crippen LogP) is 3.10. The van der Waals surface area contributed by atoms with E-state index < -0.39 is 23.6 Å². The third kappa shape index (κ3) is 3.67. The number of hydrogen-bond donors (Lipinski definition) is 2. The molecule has 0 amide bonds. The number of allylic oxidation sites excluding steroid dienone is 1. The summed E-state index contributed by atoms with van der Waals surface area (Å²) in [6.45, 7) is 3.77. The van der Waals surface area contributed by atoms with Crippen molar-refractivity contribution in [3.63, 3.8) is 0 Å². The molecule has 2 N–H and O–H groups in total. The highest BCUT2D eigenvalue weighted by atomic mass is 32.1. The van der Waals surface area contributed by atoms with Gasteiger partial charge in [0.2, 0.25) is 0 Å². The Kier molecular flexibility index (Phi) is 5.65. The SMILES string of the molecule is CCCC1=C(C(=O)OCC)[C@H](c2c(F)cccc2F)NC(=S)N1. The van der Waals surface area contributed by atoms with E-state index in [2.05, 4.69) is 10.6 Å². The molecule has 23 heavy (non-hydrogen) atoms. The Morgan fingerprint density at radius 1 is 1.30 bits per heavy atom. The lowest BCUT2D eigenvalue weighted by molar-refractivity contribution is -0.139. The average Bonchev–Trinajstić information content (AvgIpc) is 2.47. The summed E-state index contributed by atoms with van der Waals surface area (Å²) in [4.78, 5) is 12.3. The van der Waals surface area contributed by atoms with Gasteiger partial charge in [0.05, 0.1) is 23.8 Å². The van der Waals surface area contributed by atoms with Crippen molar-refractivity contribution in [3.05, 3.63) is 46.7 Å². The van der Waals surface area contributed by atoms with Gasteiger partial charge in [-0.1, -0.05) is 19.4 Å². The summed E-state index contributed by atoms with van der Waals surface area (Å²) in [5.41, 5.74) is 0.446. The molecule has 0 saturated heterocycles. The molecule has 124 valence electrons. The van der Waals surface area contributed by atoms with Gasteiger partial charge in [0.1, 0.15) is 11.6 Å². The Bertz CT molecular complexity index is 641. The Morgan fingerprint density at radius 2 is 1.96 bits per heavy atom. The van der Waals surface area contributed by atoms with Crippen molar-refractivity contribution < 1.29 is 18.3 Å². The molecule has 0 saturated carbocycles. The quantitative estimate of drug-likeness (QED) is 0.637. The van der Waals surface area contributed by atoms with Crippen LogP contribution in [0.15, 0.2) is 29.5 Å². The summed E-state index contributed by atoms with van der Waals surface area (Å²) in [6, 6.07) is 2.54. The molecule has 0 unspecified atom stereocenters. The first-order valence-corrected chi connectivity index (χ1v) is 7.82. The molecule has 1 aromatic rings. The van der Waals surface area contributed by atoms with Crippen LogP contribution in [0.25, 0.3) is 0 Å². The molecule has 0 bridgehead atoms. The van der Waals surface area contributed by atoms with E-state index in [0.717, 1.165) is 18.6 Å². The maximum absolute atomic E-state index is 14.2. The minimum atomic E-state index is -1.02. The number of ether oxygens (including phenoxy) is 1. The third-order valence-electron chi connectivity index (χ3n) is 3.44. The van der Waals surface area contributed by atoms with E-state index in [0.29, 0.717) is 12.1 Å². The number of hydrogen-bond acceptors (Lipinski definition) is 3. The molecular weight excluding hydrogens is 322 g/mol. The van der Waals surface area contributed by atoms with Crippen LogP contribution in [0.1, 0.15) is 38.3 Å². The molecule has 1 aliphatic heterocycles. The van der Waals surface area contributed by atoms with Gasteiger partial charge < -0.3 is 15.4 Å². The second-order valence-corrected chi connectivity index (χ2v) is 5.44. The van der Waals surface area contributed by atoms with Crippen LogP contribution in [-0.2, 0) is 9.53 Å². The topological polar surface area (TPSA) is 50.4 Å². The van der Waals surface area contributed by atoms with Crippen LogP contribution >= 0.6 is 12.2 Å². The van der Waals surface area contributed by atoms with Crippen molar-refractivity contribution in [2.75, 3.05) is 6.61 Å². The molecule has 1 aromatic carbocycles. The second kappa shape index (κ2) is 7.50. The number of halogens is 2. The van der Waals surface area contributed by atoms with E-state index >= 15 is 0 Å². The Balaban J connectivity index is 2.60. The number of carbonyl (C=O) groups excluding carboxylic acids is 1. The minimum absolute atomic E-state index is 0.159. The number of esters is 1. The summed E-state index contributed by atoms with van der Waals surface area (Å²) >= 11 is 5.11. The molecule has 1 aliphatic rings. The van der Waals surface area contributed by atoms with Crippen LogP contribution in [0, 0.1) is 11.6 Å². The second-order valence-electron chi connectivity index (χ2n) is 5.03. The average molecular weight is 340 g/mol. The fourth-order valence-electron chi connectivity index (χ4n) is 2.52. The van der Waals surface area contributed by atoms with Gasteiger partial charge in [-0.25, -0.2) is 13.6 Å². The lowest BCUT2D eigenvalue weighted by Crippen LogP contribution is -2.46. The number of rotatable bonds is 5. The largest absolute Gasteiger partial charge is 0.463 e. The first-order chi connectivity index (χ1) is 11.0. The molecule has 0 fully saturated rings. The highest BCUT2D eigenvalue weighted by Gasteiger charge is 2.35. The summed E-state index contributed by atoms with van der Waals surface area (Å²) in [6.07, 6.45) is 1.25. The monoisotopic (exact) mass is 340 g/mol. The molecule has 1 atom stereocenters. The van der Waals surface area contributed by atoms with Crippen molar-refractivity contribution >= 4 is 23.3 Å². The molecule has 1 heterocycles. The molecule has 0 spiro atoms. The van der Waals surface area contributed by atoms with Gasteiger partial charge in [-0.2, -0.15) is 0 Å². The van der Waals surface area contributed by atoms with Gasteiger partial charge in [-0.3, -0.25) is 0 Å². The van der Waals surface area contributed by atoms with Gasteiger partial charge >= 0.3 is 5.97 Å². The van der Waals surface area contributed by atoms with Gasteiger partial charge in [0.15, 0.2) is 5.11 Å². The van der Waals surface area contributed by atoms with Crippen LogP contribution in [0.2, 0.25) is 0 Å². The highest BCUT2D eigenvalue weighted by molar-refractivity contribution is 7.80. The maximum atomic E-state index is 14.2. The van der Waals surface area contributed by atoms with Gasteiger partial charge in [0.25, 0.3) is 0 Å².